The molecule has 0 heterocycles. The minimum atomic E-state index is -3.31. The summed E-state index contributed by atoms with van der Waals surface area (Å²) in [6.07, 6.45) is 0. The van der Waals surface area contributed by atoms with E-state index in [-0.39, 0.29) is 18.9 Å². The lowest BCUT2D eigenvalue weighted by atomic mass is 10.7. The van der Waals surface area contributed by atoms with Gasteiger partial charge in [-0.1, -0.05) is 0 Å². The smallest absolute Gasteiger partial charge is 0.217 e. The minimum Gasteiger partial charge on any atom is -0.381 e. The van der Waals surface area contributed by atoms with Crippen LogP contribution in [-0.4, -0.2) is 45.3 Å². The monoisotopic (exact) mass is 206 g/mol. The van der Waals surface area contributed by atoms with Crippen molar-refractivity contribution < 1.29 is 13.2 Å². The number of hydrogen-bond acceptors (Lipinski definition) is 4. The van der Waals surface area contributed by atoms with E-state index in [0.29, 0.717) is 6.61 Å². The van der Waals surface area contributed by atoms with Gasteiger partial charge in [0, 0.05) is 13.7 Å². The highest BCUT2D eigenvalue weighted by atomic mass is 32.2. The van der Waals surface area contributed by atoms with E-state index >= 15 is 0 Å². The maximum absolute atomic E-state index is 11.3. The molecule has 0 spiro atoms. The molecule has 0 atom stereocenters. The zero-order chi connectivity index (χ0) is 10.3. The zero-order valence-electron chi connectivity index (χ0n) is 7.86. The Morgan fingerprint density at radius 1 is 1.54 bits per heavy atom. The van der Waals surface area contributed by atoms with E-state index < -0.39 is 10.0 Å². The van der Waals surface area contributed by atoms with E-state index in [0.717, 1.165) is 4.31 Å². The van der Waals surface area contributed by atoms with Gasteiger partial charge in [0.25, 0.3) is 0 Å². The lowest BCUT2D eigenvalue weighted by Crippen LogP contribution is -2.31. The molecule has 5 nitrogen and oxygen atoms in total. The molecule has 0 saturated heterocycles. The third-order valence-electron chi connectivity index (χ3n) is 1.46. The van der Waals surface area contributed by atoms with Gasteiger partial charge < -0.3 is 4.74 Å². The molecule has 0 bridgehead atoms. The van der Waals surface area contributed by atoms with Gasteiger partial charge in [-0.25, -0.2) is 8.42 Å². The summed E-state index contributed by atoms with van der Waals surface area (Å²) in [6, 6.07) is 1.77. The number of ether oxygens (including phenoxy) is 1. The third-order valence-corrected chi connectivity index (χ3v) is 3.22. The molecule has 6 heteroatoms. The van der Waals surface area contributed by atoms with E-state index in [2.05, 4.69) is 0 Å². The topological polar surface area (TPSA) is 70.4 Å². The first-order chi connectivity index (χ1) is 6.04. The summed E-state index contributed by atoms with van der Waals surface area (Å²) in [5, 5.41) is 8.28. The van der Waals surface area contributed by atoms with Gasteiger partial charge in [-0.3, -0.25) is 0 Å². The normalized spacial score (nSPS) is 11.5. The van der Waals surface area contributed by atoms with E-state index in [9.17, 15) is 8.42 Å². The molecule has 0 aromatic heterocycles. The molecule has 0 aromatic rings. The first kappa shape index (κ1) is 12.4. The fourth-order valence-corrected chi connectivity index (χ4v) is 1.56. The highest BCUT2D eigenvalue weighted by molar-refractivity contribution is 7.89. The predicted molar refractivity (Wildman–Crippen MR) is 48.5 cm³/mol. The molecule has 0 unspecified atom stereocenters. The van der Waals surface area contributed by atoms with Crippen molar-refractivity contribution in [3.05, 3.63) is 0 Å². The molecule has 0 aliphatic rings. The zero-order valence-corrected chi connectivity index (χ0v) is 8.67. The summed E-state index contributed by atoms with van der Waals surface area (Å²) in [7, 11) is -1.93. The van der Waals surface area contributed by atoms with Crippen LogP contribution < -0.4 is 0 Å². The molecule has 13 heavy (non-hydrogen) atoms. The van der Waals surface area contributed by atoms with Gasteiger partial charge in [-0.05, 0) is 6.92 Å². The second kappa shape index (κ2) is 5.91. The number of nitrogens with zero attached hydrogens (tertiary/aromatic N) is 2. The van der Waals surface area contributed by atoms with Gasteiger partial charge >= 0.3 is 0 Å². The van der Waals surface area contributed by atoms with Crippen LogP contribution in [0.25, 0.3) is 0 Å². The Morgan fingerprint density at radius 2 is 2.15 bits per heavy atom. The van der Waals surface area contributed by atoms with Crippen LogP contribution in [0.1, 0.15) is 6.92 Å². The van der Waals surface area contributed by atoms with Gasteiger partial charge in [0.05, 0.1) is 18.4 Å². The van der Waals surface area contributed by atoms with Gasteiger partial charge in [0.1, 0.15) is 6.54 Å². The Hall–Kier alpha value is -0.640. The van der Waals surface area contributed by atoms with Gasteiger partial charge in [-0.15, -0.1) is 0 Å². The first-order valence-electron chi connectivity index (χ1n) is 3.93. The van der Waals surface area contributed by atoms with Crippen LogP contribution in [0.4, 0.5) is 0 Å². The van der Waals surface area contributed by atoms with Gasteiger partial charge in [0.2, 0.25) is 10.0 Å². The molecule has 0 rings (SSSR count). The van der Waals surface area contributed by atoms with Crippen molar-refractivity contribution in [2.24, 2.45) is 0 Å². The van der Waals surface area contributed by atoms with Crippen LogP contribution in [0.2, 0.25) is 0 Å². The van der Waals surface area contributed by atoms with E-state index in [1.807, 2.05) is 0 Å². The average Bonchev–Trinajstić information content (AvgIpc) is 2.05. The molecule has 0 radical (unpaired) electrons. The summed E-state index contributed by atoms with van der Waals surface area (Å²) in [4.78, 5) is 0. The number of rotatable bonds is 6. The predicted octanol–water partition coefficient (Wildman–Crippen LogP) is -0.192. The molecule has 0 amide bonds. The third kappa shape index (κ3) is 4.83. The second-order valence-corrected chi connectivity index (χ2v) is 4.62. The maximum atomic E-state index is 11.3. The maximum Gasteiger partial charge on any atom is 0.217 e. The lowest BCUT2D eigenvalue weighted by Gasteiger charge is -2.12. The first-order valence-corrected chi connectivity index (χ1v) is 5.54. The highest BCUT2D eigenvalue weighted by Gasteiger charge is 2.16. The fraction of sp³-hybridized carbons (Fsp3) is 0.857. The van der Waals surface area contributed by atoms with Crippen LogP contribution in [0, 0.1) is 11.3 Å². The lowest BCUT2D eigenvalue weighted by molar-refractivity contribution is 0.162. The van der Waals surface area contributed by atoms with Crippen LogP contribution in [-0.2, 0) is 14.8 Å². The van der Waals surface area contributed by atoms with E-state index in [1.54, 1.807) is 13.0 Å². The summed E-state index contributed by atoms with van der Waals surface area (Å²) in [5.41, 5.74) is 0. The minimum absolute atomic E-state index is 0.0704. The summed E-state index contributed by atoms with van der Waals surface area (Å²) in [6.45, 7) is 2.35. The Kier molecular flexibility index (Phi) is 5.62. The molecule has 0 aliphatic carbocycles. The van der Waals surface area contributed by atoms with Crippen molar-refractivity contribution in [2.75, 3.05) is 32.6 Å². The largest absolute Gasteiger partial charge is 0.381 e. The number of nitriles is 1. The number of sulfonamides is 1. The Bertz CT molecular complexity index is 268. The van der Waals surface area contributed by atoms with Crippen molar-refractivity contribution in [2.45, 2.75) is 6.92 Å². The summed E-state index contributed by atoms with van der Waals surface area (Å²) in [5.74, 6) is -0.0704. The van der Waals surface area contributed by atoms with Crippen LogP contribution in [0.3, 0.4) is 0 Å². The van der Waals surface area contributed by atoms with Crippen molar-refractivity contribution >= 4 is 10.0 Å². The van der Waals surface area contributed by atoms with Gasteiger partial charge in [0.15, 0.2) is 0 Å². The molecule has 0 aromatic carbocycles. The fourth-order valence-electron chi connectivity index (χ4n) is 0.662. The molecule has 0 N–H and O–H groups in total. The number of hydrogen-bond donors (Lipinski definition) is 0. The van der Waals surface area contributed by atoms with Crippen LogP contribution >= 0.6 is 0 Å². The molecule has 76 valence electrons. The summed E-state index contributed by atoms with van der Waals surface area (Å²) >= 11 is 0. The summed E-state index contributed by atoms with van der Waals surface area (Å²) < 4.78 is 28.5. The van der Waals surface area contributed by atoms with Gasteiger partial charge in [-0.2, -0.15) is 9.57 Å². The van der Waals surface area contributed by atoms with Crippen molar-refractivity contribution in [1.82, 2.24) is 4.31 Å². The Balaban J connectivity index is 4.01. The Morgan fingerprint density at radius 3 is 2.62 bits per heavy atom. The quantitative estimate of drug-likeness (QED) is 0.446. The van der Waals surface area contributed by atoms with Crippen molar-refractivity contribution in [1.29, 1.82) is 5.26 Å². The second-order valence-electron chi connectivity index (χ2n) is 2.43. The van der Waals surface area contributed by atoms with Crippen molar-refractivity contribution in [3.8, 4) is 6.07 Å². The van der Waals surface area contributed by atoms with E-state index in [4.69, 9.17) is 10.00 Å². The van der Waals surface area contributed by atoms with Crippen LogP contribution in [0.5, 0.6) is 0 Å². The standard InChI is InChI=1S/C7H14N2O3S/c1-3-12-6-7-13(10,11)9(2)5-4-8/h3,5-7H2,1-2H3. The molecule has 0 fully saturated rings. The Labute approximate surface area is 79.0 Å². The molecule has 0 aliphatic heterocycles. The highest BCUT2D eigenvalue weighted by Crippen LogP contribution is 1.96. The van der Waals surface area contributed by atoms with E-state index in [1.165, 1.54) is 7.05 Å². The van der Waals surface area contributed by atoms with Crippen LogP contribution in [0.15, 0.2) is 0 Å². The molecule has 0 saturated carbocycles. The SMILES string of the molecule is CCOCCS(=O)(=O)N(C)CC#N. The molecular weight excluding hydrogens is 192 g/mol. The van der Waals surface area contributed by atoms with Crippen molar-refractivity contribution in [3.63, 3.8) is 0 Å². The molecular formula is C7H14N2O3S. The average molecular weight is 206 g/mol.